The summed E-state index contributed by atoms with van der Waals surface area (Å²) in [7, 11) is 0. The molecule has 3 aromatic carbocycles. The zero-order valence-corrected chi connectivity index (χ0v) is 15.3. The molecule has 0 aromatic heterocycles. The van der Waals surface area contributed by atoms with Crippen molar-refractivity contribution < 1.29 is 19.0 Å². The number of rotatable bonds is 8. The van der Waals surface area contributed by atoms with Gasteiger partial charge in [0.15, 0.2) is 0 Å². The van der Waals surface area contributed by atoms with Crippen molar-refractivity contribution in [1.29, 1.82) is 0 Å². The second-order valence-electron chi connectivity index (χ2n) is 5.90. The Morgan fingerprint density at radius 3 is 1.63 bits per heavy atom. The summed E-state index contributed by atoms with van der Waals surface area (Å²) in [5, 5.41) is 0. The van der Waals surface area contributed by atoms with E-state index in [2.05, 4.69) is 0 Å². The smallest absolute Gasteiger partial charge is 0.345 e. The maximum absolute atomic E-state index is 12.5. The van der Waals surface area contributed by atoms with E-state index >= 15 is 0 Å². The monoisotopic (exact) mass is 362 g/mol. The molecule has 0 aliphatic heterocycles. The first-order valence-corrected chi connectivity index (χ1v) is 8.91. The molecule has 138 valence electrons. The van der Waals surface area contributed by atoms with Crippen LogP contribution in [0.2, 0.25) is 0 Å². The third-order valence-electron chi connectivity index (χ3n) is 3.94. The lowest BCUT2D eigenvalue weighted by Crippen LogP contribution is -2.11. The molecule has 0 aliphatic carbocycles. The molecule has 4 heteroatoms. The largest absolute Gasteiger partial charge is 0.488 e. The molecular weight excluding hydrogens is 340 g/mol. The Morgan fingerprint density at radius 1 is 0.704 bits per heavy atom. The van der Waals surface area contributed by atoms with Crippen LogP contribution in [0, 0.1) is 0 Å². The molecule has 3 aromatic rings. The van der Waals surface area contributed by atoms with Gasteiger partial charge in [-0.2, -0.15) is 0 Å². The van der Waals surface area contributed by atoms with E-state index < -0.39 is 5.97 Å². The van der Waals surface area contributed by atoms with Crippen molar-refractivity contribution >= 4 is 5.97 Å². The van der Waals surface area contributed by atoms with Crippen molar-refractivity contribution in [2.24, 2.45) is 0 Å². The molecule has 3 rings (SSSR count). The predicted octanol–water partition coefficient (Wildman–Crippen LogP) is 5.02. The Balaban J connectivity index is 1.82. The predicted molar refractivity (Wildman–Crippen MR) is 104 cm³/mol. The minimum atomic E-state index is -0.454. The van der Waals surface area contributed by atoms with E-state index in [0.29, 0.717) is 30.3 Å². The van der Waals surface area contributed by atoms with Gasteiger partial charge in [0, 0.05) is 0 Å². The summed E-state index contributed by atoms with van der Waals surface area (Å²) < 4.78 is 17.0. The average Bonchev–Trinajstić information content (AvgIpc) is 2.72. The normalized spacial score (nSPS) is 10.3. The molecule has 0 spiro atoms. The maximum Gasteiger partial charge on any atom is 0.345 e. The summed E-state index contributed by atoms with van der Waals surface area (Å²) >= 11 is 0. The zero-order valence-electron chi connectivity index (χ0n) is 15.3. The molecule has 0 saturated carbocycles. The number of carbonyl (C=O) groups is 1. The second kappa shape index (κ2) is 9.43. The lowest BCUT2D eigenvalue weighted by molar-refractivity contribution is 0.0515. The second-order valence-corrected chi connectivity index (χ2v) is 5.90. The van der Waals surface area contributed by atoms with E-state index in [1.54, 1.807) is 19.1 Å². The lowest BCUT2D eigenvalue weighted by Gasteiger charge is -2.15. The Morgan fingerprint density at radius 2 is 1.19 bits per heavy atom. The Labute approximate surface area is 159 Å². The molecule has 0 N–H and O–H groups in total. The number of carbonyl (C=O) groups excluding carboxylic acids is 1. The molecule has 0 unspecified atom stereocenters. The van der Waals surface area contributed by atoms with Crippen LogP contribution in [0.15, 0.2) is 78.9 Å². The molecule has 27 heavy (non-hydrogen) atoms. The van der Waals surface area contributed by atoms with Crippen LogP contribution in [0.3, 0.4) is 0 Å². The summed E-state index contributed by atoms with van der Waals surface area (Å²) in [6.45, 7) is 2.77. The van der Waals surface area contributed by atoms with Gasteiger partial charge in [0.2, 0.25) is 0 Å². The fourth-order valence-electron chi connectivity index (χ4n) is 2.63. The van der Waals surface area contributed by atoms with E-state index in [1.165, 1.54) is 0 Å². The third kappa shape index (κ3) is 5.11. The molecule has 0 atom stereocenters. The van der Waals surface area contributed by atoms with Crippen LogP contribution in [0.1, 0.15) is 28.4 Å². The fourth-order valence-corrected chi connectivity index (χ4v) is 2.63. The van der Waals surface area contributed by atoms with Crippen molar-refractivity contribution in [1.82, 2.24) is 0 Å². The Hall–Kier alpha value is -3.27. The van der Waals surface area contributed by atoms with Crippen molar-refractivity contribution in [3.8, 4) is 11.5 Å². The highest BCUT2D eigenvalue weighted by Gasteiger charge is 2.20. The van der Waals surface area contributed by atoms with Crippen LogP contribution >= 0.6 is 0 Å². The number of ether oxygens (including phenoxy) is 3. The van der Waals surface area contributed by atoms with E-state index in [4.69, 9.17) is 14.2 Å². The van der Waals surface area contributed by atoms with Crippen molar-refractivity contribution in [2.45, 2.75) is 20.1 Å². The third-order valence-corrected chi connectivity index (χ3v) is 3.94. The Bertz CT molecular complexity index is 798. The molecular formula is C23H22O4. The summed E-state index contributed by atoms with van der Waals surface area (Å²) in [6, 6.07) is 24.9. The molecule has 0 aliphatic rings. The van der Waals surface area contributed by atoms with Crippen molar-refractivity contribution in [3.05, 3.63) is 95.6 Å². The summed E-state index contributed by atoms with van der Waals surface area (Å²) in [5.74, 6) is 0.440. The zero-order chi connectivity index (χ0) is 18.9. The molecule has 0 amide bonds. The number of benzene rings is 3. The van der Waals surface area contributed by atoms with Crippen molar-refractivity contribution in [3.63, 3.8) is 0 Å². The van der Waals surface area contributed by atoms with Gasteiger partial charge in [-0.1, -0.05) is 66.7 Å². The quantitative estimate of drug-likeness (QED) is 0.528. The average molecular weight is 362 g/mol. The van der Waals surface area contributed by atoms with Gasteiger partial charge in [0.05, 0.1) is 6.61 Å². The fraction of sp³-hybridized carbons (Fsp3) is 0.174. The molecule has 0 saturated heterocycles. The molecule has 0 bridgehead atoms. The highest BCUT2D eigenvalue weighted by molar-refractivity contribution is 5.95. The van der Waals surface area contributed by atoms with E-state index in [-0.39, 0.29) is 6.61 Å². The van der Waals surface area contributed by atoms with Gasteiger partial charge in [0.1, 0.15) is 30.3 Å². The van der Waals surface area contributed by atoms with Crippen LogP contribution in [0.5, 0.6) is 11.5 Å². The van der Waals surface area contributed by atoms with Gasteiger partial charge in [-0.25, -0.2) is 4.79 Å². The van der Waals surface area contributed by atoms with E-state index in [1.807, 2.05) is 66.7 Å². The van der Waals surface area contributed by atoms with Crippen LogP contribution < -0.4 is 9.47 Å². The highest BCUT2D eigenvalue weighted by Crippen LogP contribution is 2.30. The standard InChI is InChI=1S/C23H22O4/c1-2-25-23(24)22-20(26-16-18-10-5-3-6-11-18)14-9-15-21(22)27-17-19-12-7-4-8-13-19/h3-15H,2,16-17H2,1H3. The molecule has 0 heterocycles. The van der Waals surface area contributed by atoms with Crippen molar-refractivity contribution in [2.75, 3.05) is 6.61 Å². The Kier molecular flexibility index (Phi) is 6.47. The first kappa shape index (κ1) is 18.5. The van der Waals surface area contributed by atoms with Crippen LogP contribution in [0.25, 0.3) is 0 Å². The summed E-state index contributed by atoms with van der Waals surface area (Å²) in [5.41, 5.74) is 2.34. The summed E-state index contributed by atoms with van der Waals surface area (Å²) in [6.07, 6.45) is 0. The van der Waals surface area contributed by atoms with Gasteiger partial charge in [-0.15, -0.1) is 0 Å². The van der Waals surface area contributed by atoms with Gasteiger partial charge in [-0.3, -0.25) is 0 Å². The van der Waals surface area contributed by atoms with E-state index in [0.717, 1.165) is 11.1 Å². The highest BCUT2D eigenvalue weighted by atomic mass is 16.5. The minimum Gasteiger partial charge on any atom is -0.488 e. The van der Waals surface area contributed by atoms with E-state index in [9.17, 15) is 4.79 Å². The first-order valence-electron chi connectivity index (χ1n) is 8.91. The number of esters is 1. The van der Waals surface area contributed by atoms with Gasteiger partial charge in [0.25, 0.3) is 0 Å². The minimum absolute atomic E-state index is 0.282. The lowest BCUT2D eigenvalue weighted by atomic mass is 10.1. The van der Waals surface area contributed by atoms with Crippen LogP contribution in [-0.2, 0) is 18.0 Å². The summed E-state index contributed by atoms with van der Waals surface area (Å²) in [4.78, 5) is 12.5. The number of hydrogen-bond acceptors (Lipinski definition) is 4. The van der Waals surface area contributed by atoms with Crippen LogP contribution in [-0.4, -0.2) is 12.6 Å². The van der Waals surface area contributed by atoms with Gasteiger partial charge < -0.3 is 14.2 Å². The SMILES string of the molecule is CCOC(=O)c1c(OCc2ccccc2)cccc1OCc1ccccc1. The molecule has 0 fully saturated rings. The molecule has 4 nitrogen and oxygen atoms in total. The van der Waals surface area contributed by atoms with Gasteiger partial charge >= 0.3 is 5.97 Å². The van der Waals surface area contributed by atoms with Crippen LogP contribution in [0.4, 0.5) is 0 Å². The first-order chi connectivity index (χ1) is 13.3. The maximum atomic E-state index is 12.5. The number of hydrogen-bond donors (Lipinski definition) is 0. The molecule has 0 radical (unpaired) electrons. The topological polar surface area (TPSA) is 44.8 Å². The van der Waals surface area contributed by atoms with Gasteiger partial charge in [-0.05, 0) is 30.2 Å².